The molecule has 1 N–H and O–H groups in total. The van der Waals surface area contributed by atoms with Crippen molar-refractivity contribution in [1.29, 1.82) is 0 Å². The molecular weight excluding hydrogens is 282 g/mol. The van der Waals surface area contributed by atoms with E-state index in [-0.39, 0.29) is 12.0 Å². The van der Waals surface area contributed by atoms with Crippen molar-refractivity contribution < 1.29 is 9.84 Å². The minimum absolute atomic E-state index is 0.0567. The van der Waals surface area contributed by atoms with Crippen molar-refractivity contribution >= 4 is 11.3 Å². The monoisotopic (exact) mass is 305 g/mol. The quantitative estimate of drug-likeness (QED) is 0.905. The summed E-state index contributed by atoms with van der Waals surface area (Å²) in [7, 11) is 0. The number of aromatic nitrogens is 1. The highest BCUT2D eigenvalue weighted by Crippen LogP contribution is 2.25. The molecule has 2 aromatic rings. The van der Waals surface area contributed by atoms with E-state index >= 15 is 0 Å². The van der Waals surface area contributed by atoms with Gasteiger partial charge >= 0.3 is 0 Å². The minimum atomic E-state index is 0.0567. The van der Waals surface area contributed by atoms with E-state index in [1.165, 1.54) is 16.9 Å². The lowest BCUT2D eigenvalue weighted by Crippen LogP contribution is -2.10. The van der Waals surface area contributed by atoms with Crippen molar-refractivity contribution in [2.45, 2.75) is 52.7 Å². The molecule has 0 atom stereocenters. The molecule has 0 spiro atoms. The first-order valence-corrected chi connectivity index (χ1v) is 8.07. The van der Waals surface area contributed by atoms with Gasteiger partial charge in [-0.25, -0.2) is 4.98 Å². The van der Waals surface area contributed by atoms with Crippen LogP contribution in [0.3, 0.4) is 0 Å². The highest BCUT2D eigenvalue weighted by atomic mass is 32.1. The molecule has 1 aromatic carbocycles. The van der Waals surface area contributed by atoms with E-state index < -0.39 is 0 Å². The number of aliphatic hydroxyl groups is 1. The number of hydrogen-bond acceptors (Lipinski definition) is 4. The molecule has 0 aliphatic carbocycles. The third-order valence-corrected chi connectivity index (χ3v) is 4.44. The molecule has 4 heteroatoms. The van der Waals surface area contributed by atoms with Gasteiger partial charge in [0.05, 0.1) is 17.2 Å². The van der Waals surface area contributed by atoms with Gasteiger partial charge in [0.25, 0.3) is 0 Å². The maximum atomic E-state index is 9.28. The highest BCUT2D eigenvalue weighted by Gasteiger charge is 2.13. The van der Waals surface area contributed by atoms with Crippen LogP contribution in [-0.4, -0.2) is 10.1 Å². The van der Waals surface area contributed by atoms with Gasteiger partial charge in [0, 0.05) is 0 Å². The maximum absolute atomic E-state index is 9.28. The zero-order chi connectivity index (χ0) is 15.5. The van der Waals surface area contributed by atoms with Crippen molar-refractivity contribution in [2.24, 2.45) is 0 Å². The van der Waals surface area contributed by atoms with Gasteiger partial charge in [0.1, 0.15) is 17.4 Å². The summed E-state index contributed by atoms with van der Waals surface area (Å²) in [5.41, 5.74) is 2.42. The molecule has 21 heavy (non-hydrogen) atoms. The standard InChI is InChI=1S/C17H23NO2S/c1-5-14-15(10-19)21-16(18-14)11-20-13-8-6-12(7-9-13)17(2,3)4/h6-9,19H,5,10-11H2,1-4H3. The number of aliphatic hydroxyl groups excluding tert-OH is 1. The molecule has 1 heterocycles. The van der Waals surface area contributed by atoms with Gasteiger partial charge in [0.15, 0.2) is 0 Å². The largest absolute Gasteiger partial charge is 0.486 e. The van der Waals surface area contributed by atoms with E-state index in [4.69, 9.17) is 4.74 Å². The molecule has 0 saturated heterocycles. The first-order chi connectivity index (χ1) is 9.94. The fourth-order valence-corrected chi connectivity index (χ4v) is 3.02. The number of benzene rings is 1. The Morgan fingerprint density at radius 1 is 1.19 bits per heavy atom. The van der Waals surface area contributed by atoms with Crippen LogP contribution in [0.2, 0.25) is 0 Å². The predicted molar refractivity (Wildman–Crippen MR) is 86.9 cm³/mol. The summed E-state index contributed by atoms with van der Waals surface area (Å²) in [5.74, 6) is 0.849. The Morgan fingerprint density at radius 2 is 1.86 bits per heavy atom. The van der Waals surface area contributed by atoms with E-state index in [1.807, 2.05) is 19.1 Å². The van der Waals surface area contributed by atoms with E-state index in [0.29, 0.717) is 6.61 Å². The van der Waals surface area contributed by atoms with Crippen molar-refractivity contribution in [1.82, 2.24) is 4.98 Å². The topological polar surface area (TPSA) is 42.4 Å². The molecule has 0 unspecified atom stereocenters. The average Bonchev–Trinajstić information content (AvgIpc) is 2.87. The van der Waals surface area contributed by atoms with Crippen LogP contribution in [0, 0.1) is 0 Å². The second kappa shape index (κ2) is 6.58. The Morgan fingerprint density at radius 3 is 2.33 bits per heavy atom. The predicted octanol–water partition coefficient (Wildman–Crippen LogP) is 4.07. The van der Waals surface area contributed by atoms with Gasteiger partial charge in [-0.3, -0.25) is 0 Å². The second-order valence-electron chi connectivity index (χ2n) is 6.05. The van der Waals surface area contributed by atoms with E-state index in [2.05, 4.69) is 37.9 Å². The molecule has 0 aliphatic heterocycles. The third-order valence-electron chi connectivity index (χ3n) is 3.38. The van der Waals surface area contributed by atoms with Crippen LogP contribution in [-0.2, 0) is 25.0 Å². The summed E-state index contributed by atoms with van der Waals surface area (Å²) in [6.07, 6.45) is 0.840. The van der Waals surface area contributed by atoms with Crippen molar-refractivity contribution in [3.05, 3.63) is 45.4 Å². The first kappa shape index (κ1) is 16.0. The lowest BCUT2D eigenvalue weighted by atomic mass is 9.87. The van der Waals surface area contributed by atoms with Crippen LogP contribution in [0.5, 0.6) is 5.75 Å². The number of thiazole rings is 1. The number of ether oxygens (including phenoxy) is 1. The van der Waals surface area contributed by atoms with Gasteiger partial charge in [0.2, 0.25) is 0 Å². The number of rotatable bonds is 5. The van der Waals surface area contributed by atoms with Crippen molar-refractivity contribution in [3.63, 3.8) is 0 Å². The van der Waals surface area contributed by atoms with Crippen molar-refractivity contribution in [2.75, 3.05) is 0 Å². The van der Waals surface area contributed by atoms with Gasteiger partial charge in [-0.05, 0) is 29.5 Å². The van der Waals surface area contributed by atoms with E-state index in [0.717, 1.165) is 27.7 Å². The molecule has 3 nitrogen and oxygen atoms in total. The molecule has 2 rings (SSSR count). The fourth-order valence-electron chi connectivity index (χ4n) is 2.09. The maximum Gasteiger partial charge on any atom is 0.140 e. The van der Waals surface area contributed by atoms with Gasteiger partial charge < -0.3 is 9.84 Å². The molecule has 0 amide bonds. The van der Waals surface area contributed by atoms with E-state index in [1.54, 1.807) is 0 Å². The molecule has 0 fully saturated rings. The third kappa shape index (κ3) is 4.05. The number of nitrogens with zero attached hydrogens (tertiary/aromatic N) is 1. The summed E-state index contributed by atoms with van der Waals surface area (Å²) in [6.45, 7) is 9.14. The SMILES string of the molecule is CCc1nc(COc2ccc(C(C)(C)C)cc2)sc1CO. The van der Waals surface area contributed by atoms with Gasteiger partial charge in [-0.1, -0.05) is 39.8 Å². The summed E-state index contributed by atoms with van der Waals surface area (Å²) in [5, 5.41) is 10.2. The Hall–Kier alpha value is -1.39. The van der Waals surface area contributed by atoms with Crippen LogP contribution in [0.4, 0.5) is 0 Å². The van der Waals surface area contributed by atoms with Crippen LogP contribution in [0.15, 0.2) is 24.3 Å². The Labute approximate surface area is 130 Å². The Bertz CT molecular complexity index is 560. The smallest absolute Gasteiger partial charge is 0.140 e. The van der Waals surface area contributed by atoms with Crippen LogP contribution < -0.4 is 4.74 Å². The number of hydrogen-bond donors (Lipinski definition) is 1. The molecule has 0 bridgehead atoms. The Kier molecular flexibility index (Phi) is 5.01. The second-order valence-corrected chi connectivity index (χ2v) is 7.22. The van der Waals surface area contributed by atoms with Crippen LogP contribution in [0.25, 0.3) is 0 Å². The lowest BCUT2D eigenvalue weighted by molar-refractivity contribution is 0.284. The van der Waals surface area contributed by atoms with Gasteiger partial charge in [-0.2, -0.15) is 0 Å². The first-order valence-electron chi connectivity index (χ1n) is 7.25. The zero-order valence-corrected chi connectivity index (χ0v) is 14.0. The molecule has 0 aliphatic rings. The lowest BCUT2D eigenvalue weighted by Gasteiger charge is -2.19. The normalized spacial score (nSPS) is 11.7. The fraction of sp³-hybridized carbons (Fsp3) is 0.471. The minimum Gasteiger partial charge on any atom is -0.486 e. The summed E-state index contributed by atoms with van der Waals surface area (Å²) < 4.78 is 5.78. The van der Waals surface area contributed by atoms with Crippen LogP contribution >= 0.6 is 11.3 Å². The van der Waals surface area contributed by atoms with Gasteiger partial charge in [-0.15, -0.1) is 11.3 Å². The summed E-state index contributed by atoms with van der Waals surface area (Å²) >= 11 is 1.52. The molecule has 1 aromatic heterocycles. The van der Waals surface area contributed by atoms with E-state index in [9.17, 15) is 5.11 Å². The zero-order valence-electron chi connectivity index (χ0n) is 13.1. The molecule has 114 valence electrons. The number of aryl methyl sites for hydroxylation is 1. The highest BCUT2D eigenvalue weighted by molar-refractivity contribution is 7.11. The summed E-state index contributed by atoms with van der Waals surface area (Å²) in [6, 6.07) is 8.21. The van der Waals surface area contributed by atoms with Crippen molar-refractivity contribution in [3.8, 4) is 5.75 Å². The summed E-state index contributed by atoms with van der Waals surface area (Å²) in [4.78, 5) is 5.45. The average molecular weight is 305 g/mol. The molecule has 0 radical (unpaired) electrons. The molecular formula is C17H23NO2S. The molecule has 0 saturated carbocycles. The van der Waals surface area contributed by atoms with Crippen LogP contribution in [0.1, 0.15) is 48.8 Å². The Balaban J connectivity index is 2.01.